The SMILES string of the molecule is Cc1cccc(N(CC(=O)O)C(=O)C(C)C)c1. The van der Waals surface area contributed by atoms with Crippen molar-refractivity contribution in [3.8, 4) is 0 Å². The number of hydrogen-bond acceptors (Lipinski definition) is 2. The van der Waals surface area contributed by atoms with E-state index in [1.54, 1.807) is 19.9 Å². The average Bonchev–Trinajstić information content (AvgIpc) is 2.24. The quantitative estimate of drug-likeness (QED) is 0.869. The first-order valence-electron chi connectivity index (χ1n) is 5.51. The van der Waals surface area contributed by atoms with Gasteiger partial charge >= 0.3 is 5.97 Å². The van der Waals surface area contributed by atoms with E-state index in [1.807, 2.05) is 25.1 Å². The largest absolute Gasteiger partial charge is 0.480 e. The molecule has 1 aromatic carbocycles. The summed E-state index contributed by atoms with van der Waals surface area (Å²) in [7, 11) is 0. The fraction of sp³-hybridized carbons (Fsp3) is 0.385. The first-order chi connectivity index (χ1) is 7.91. The van der Waals surface area contributed by atoms with E-state index in [0.717, 1.165) is 5.56 Å². The molecule has 4 nitrogen and oxygen atoms in total. The Labute approximate surface area is 101 Å². The molecule has 1 aromatic rings. The molecule has 0 aliphatic carbocycles. The Morgan fingerprint density at radius 2 is 2.00 bits per heavy atom. The van der Waals surface area contributed by atoms with Crippen LogP contribution >= 0.6 is 0 Å². The molecule has 0 bridgehead atoms. The number of benzene rings is 1. The van der Waals surface area contributed by atoms with E-state index in [0.29, 0.717) is 5.69 Å². The Balaban J connectivity index is 3.05. The fourth-order valence-electron chi connectivity index (χ4n) is 1.54. The Hall–Kier alpha value is -1.84. The third kappa shape index (κ3) is 3.59. The normalized spacial score (nSPS) is 10.4. The van der Waals surface area contributed by atoms with E-state index < -0.39 is 5.97 Å². The van der Waals surface area contributed by atoms with Gasteiger partial charge in [-0.05, 0) is 24.6 Å². The highest BCUT2D eigenvalue weighted by molar-refractivity contribution is 5.98. The Bertz CT molecular complexity index is 426. The molecule has 0 heterocycles. The number of carbonyl (C=O) groups is 2. The summed E-state index contributed by atoms with van der Waals surface area (Å²) in [4.78, 5) is 24.1. The smallest absolute Gasteiger partial charge is 0.323 e. The summed E-state index contributed by atoms with van der Waals surface area (Å²) >= 11 is 0. The van der Waals surface area contributed by atoms with Gasteiger partial charge in [0.1, 0.15) is 6.54 Å². The van der Waals surface area contributed by atoms with Crippen LogP contribution in [0.5, 0.6) is 0 Å². The summed E-state index contributed by atoms with van der Waals surface area (Å²) in [5.41, 5.74) is 1.63. The second-order valence-electron chi connectivity index (χ2n) is 4.31. The summed E-state index contributed by atoms with van der Waals surface area (Å²) in [5, 5.41) is 8.85. The van der Waals surface area contributed by atoms with Crippen LogP contribution in [0.2, 0.25) is 0 Å². The van der Waals surface area contributed by atoms with Crippen LogP contribution < -0.4 is 4.90 Å². The lowest BCUT2D eigenvalue weighted by Crippen LogP contribution is -2.38. The predicted molar refractivity (Wildman–Crippen MR) is 66.0 cm³/mol. The lowest BCUT2D eigenvalue weighted by Gasteiger charge is -2.23. The van der Waals surface area contributed by atoms with Crippen molar-refractivity contribution >= 4 is 17.6 Å². The van der Waals surface area contributed by atoms with Crippen molar-refractivity contribution in [1.29, 1.82) is 0 Å². The van der Waals surface area contributed by atoms with Gasteiger partial charge in [0, 0.05) is 11.6 Å². The van der Waals surface area contributed by atoms with Crippen molar-refractivity contribution in [3.63, 3.8) is 0 Å². The monoisotopic (exact) mass is 235 g/mol. The molecule has 0 unspecified atom stereocenters. The van der Waals surface area contributed by atoms with Crippen molar-refractivity contribution in [3.05, 3.63) is 29.8 Å². The minimum Gasteiger partial charge on any atom is -0.480 e. The maximum absolute atomic E-state index is 12.0. The van der Waals surface area contributed by atoms with Gasteiger partial charge < -0.3 is 10.0 Å². The zero-order chi connectivity index (χ0) is 13.0. The van der Waals surface area contributed by atoms with Crippen LogP contribution in [0.15, 0.2) is 24.3 Å². The Kier molecular flexibility index (Phi) is 4.26. The van der Waals surface area contributed by atoms with Gasteiger partial charge in [0.2, 0.25) is 5.91 Å². The zero-order valence-corrected chi connectivity index (χ0v) is 10.3. The molecule has 0 saturated heterocycles. The van der Waals surface area contributed by atoms with Crippen molar-refractivity contribution in [2.45, 2.75) is 20.8 Å². The lowest BCUT2D eigenvalue weighted by atomic mass is 10.1. The first kappa shape index (κ1) is 13.2. The summed E-state index contributed by atoms with van der Waals surface area (Å²) in [5.74, 6) is -1.42. The molecule has 1 N–H and O–H groups in total. The van der Waals surface area contributed by atoms with Gasteiger partial charge in [-0.3, -0.25) is 9.59 Å². The molecule has 1 amide bonds. The van der Waals surface area contributed by atoms with Crippen molar-refractivity contribution in [2.24, 2.45) is 5.92 Å². The summed E-state index contributed by atoms with van der Waals surface area (Å²) in [6, 6.07) is 7.27. The van der Waals surface area contributed by atoms with Gasteiger partial charge in [0.15, 0.2) is 0 Å². The average molecular weight is 235 g/mol. The molecule has 0 saturated carbocycles. The Morgan fingerprint density at radius 3 is 2.47 bits per heavy atom. The van der Waals surface area contributed by atoms with Gasteiger partial charge in [-0.1, -0.05) is 26.0 Å². The van der Waals surface area contributed by atoms with Gasteiger partial charge in [0.05, 0.1) is 0 Å². The predicted octanol–water partition coefficient (Wildman–Crippen LogP) is 2.07. The molecular formula is C13H17NO3. The molecule has 0 spiro atoms. The Morgan fingerprint density at radius 1 is 1.35 bits per heavy atom. The maximum atomic E-state index is 12.0. The van der Waals surface area contributed by atoms with Crippen LogP contribution in [0.1, 0.15) is 19.4 Å². The topological polar surface area (TPSA) is 57.6 Å². The number of aliphatic carboxylic acids is 1. The van der Waals surface area contributed by atoms with Crippen LogP contribution in [0.25, 0.3) is 0 Å². The number of carboxylic acid groups (broad SMARTS) is 1. The van der Waals surface area contributed by atoms with E-state index in [1.165, 1.54) is 4.90 Å². The molecule has 4 heteroatoms. The molecule has 0 aliphatic rings. The number of anilines is 1. The molecule has 0 aromatic heterocycles. The first-order valence-corrected chi connectivity index (χ1v) is 5.51. The van der Waals surface area contributed by atoms with Crippen LogP contribution in [0, 0.1) is 12.8 Å². The number of amides is 1. The molecule has 0 aliphatic heterocycles. The van der Waals surface area contributed by atoms with Gasteiger partial charge in [-0.15, -0.1) is 0 Å². The number of rotatable bonds is 4. The van der Waals surface area contributed by atoms with Gasteiger partial charge in [0.25, 0.3) is 0 Å². The number of carbonyl (C=O) groups excluding carboxylic acids is 1. The minimum absolute atomic E-state index is 0.182. The third-order valence-electron chi connectivity index (χ3n) is 2.37. The van der Waals surface area contributed by atoms with Crippen LogP contribution in [-0.4, -0.2) is 23.5 Å². The van der Waals surface area contributed by atoms with E-state index in [-0.39, 0.29) is 18.4 Å². The number of carboxylic acids is 1. The number of aryl methyl sites for hydroxylation is 1. The van der Waals surface area contributed by atoms with Crippen molar-refractivity contribution < 1.29 is 14.7 Å². The molecule has 0 fully saturated rings. The highest BCUT2D eigenvalue weighted by Crippen LogP contribution is 2.18. The van der Waals surface area contributed by atoms with Crippen LogP contribution in [0.3, 0.4) is 0 Å². The molecule has 0 radical (unpaired) electrons. The highest BCUT2D eigenvalue weighted by atomic mass is 16.4. The van der Waals surface area contributed by atoms with E-state index in [9.17, 15) is 9.59 Å². The van der Waals surface area contributed by atoms with Crippen LogP contribution in [0.4, 0.5) is 5.69 Å². The van der Waals surface area contributed by atoms with Gasteiger partial charge in [-0.2, -0.15) is 0 Å². The fourth-order valence-corrected chi connectivity index (χ4v) is 1.54. The maximum Gasteiger partial charge on any atom is 0.323 e. The summed E-state index contributed by atoms with van der Waals surface area (Å²) in [6.07, 6.45) is 0. The zero-order valence-electron chi connectivity index (χ0n) is 10.3. The van der Waals surface area contributed by atoms with Crippen molar-refractivity contribution in [2.75, 3.05) is 11.4 Å². The standard InChI is InChI=1S/C13H17NO3/c1-9(2)13(17)14(8-12(15)16)11-6-4-5-10(3)7-11/h4-7,9H,8H2,1-3H3,(H,15,16). The second kappa shape index (κ2) is 5.48. The number of nitrogens with zero attached hydrogens (tertiary/aromatic N) is 1. The minimum atomic E-state index is -1.01. The second-order valence-corrected chi connectivity index (χ2v) is 4.31. The van der Waals surface area contributed by atoms with E-state index >= 15 is 0 Å². The molecule has 1 rings (SSSR count). The molecule has 17 heavy (non-hydrogen) atoms. The number of hydrogen-bond donors (Lipinski definition) is 1. The molecule has 0 atom stereocenters. The summed E-state index contributed by atoms with van der Waals surface area (Å²) in [6.45, 7) is 5.11. The summed E-state index contributed by atoms with van der Waals surface area (Å²) < 4.78 is 0. The molecule has 92 valence electrons. The highest BCUT2D eigenvalue weighted by Gasteiger charge is 2.21. The third-order valence-corrected chi connectivity index (χ3v) is 2.37. The van der Waals surface area contributed by atoms with Crippen molar-refractivity contribution in [1.82, 2.24) is 0 Å². The van der Waals surface area contributed by atoms with Gasteiger partial charge in [-0.25, -0.2) is 0 Å². The van der Waals surface area contributed by atoms with Crippen LogP contribution in [-0.2, 0) is 9.59 Å². The lowest BCUT2D eigenvalue weighted by molar-refractivity contribution is -0.137. The van der Waals surface area contributed by atoms with E-state index in [2.05, 4.69) is 0 Å². The van der Waals surface area contributed by atoms with E-state index in [4.69, 9.17) is 5.11 Å². The molecular weight excluding hydrogens is 218 g/mol.